The molecular weight excluding hydrogens is 959 g/mol. The highest BCUT2D eigenvalue weighted by atomic mass is 15.2. The first-order valence-corrected chi connectivity index (χ1v) is 27.5. The summed E-state index contributed by atoms with van der Waals surface area (Å²) in [6.07, 6.45) is 5.03. The molecule has 0 bridgehead atoms. The summed E-state index contributed by atoms with van der Waals surface area (Å²) < 4.78 is 4.88. The van der Waals surface area contributed by atoms with Gasteiger partial charge in [0, 0.05) is 73.2 Å². The summed E-state index contributed by atoms with van der Waals surface area (Å²) in [5.74, 6) is 0.479. The minimum Gasteiger partial charge on any atom is -0.310 e. The lowest BCUT2D eigenvalue weighted by Crippen LogP contribution is -2.13. The fourth-order valence-electron chi connectivity index (χ4n) is 12.2. The van der Waals surface area contributed by atoms with Crippen molar-refractivity contribution in [1.82, 2.24) is 19.1 Å². The molecule has 0 saturated carbocycles. The Bertz CT molecular complexity index is 4280. The predicted octanol–water partition coefficient (Wildman–Crippen LogP) is 19.8. The predicted molar refractivity (Wildman–Crippen MR) is 333 cm³/mol. The third-order valence-corrected chi connectivity index (χ3v) is 15.8. The van der Waals surface area contributed by atoms with Crippen molar-refractivity contribution in [2.45, 2.75) is 34.1 Å². The normalized spacial score (nSPS) is 11.7. The maximum absolute atomic E-state index is 5.28. The molecule has 14 aromatic rings. The summed E-state index contributed by atoms with van der Waals surface area (Å²) >= 11 is 0. The number of para-hydroxylation sites is 4. The third kappa shape index (κ3) is 8.43. The van der Waals surface area contributed by atoms with Gasteiger partial charge in [-0.2, -0.15) is 0 Å². The second-order valence-corrected chi connectivity index (χ2v) is 21.4. The monoisotopic (exact) mass is 1020 g/mol. The molecule has 5 heteroatoms. The Morgan fingerprint density at radius 3 is 1.16 bits per heavy atom. The SMILES string of the molecule is Cc1cnc(-c2cc(N(c3cc(-c4cc(-c5ccccc5)c(C)cn4)cc(-n4c5ccccc5c5ccccc54)c3)c3ccc(CC(C)C)c4ccccc34)cc(-n3c4ccccc4c4ccccc43)c2)cc1-c1ccccc1. The molecule has 0 unspecified atom stereocenters. The summed E-state index contributed by atoms with van der Waals surface area (Å²) in [4.78, 5) is 13.1. The van der Waals surface area contributed by atoms with Gasteiger partial charge in [-0.1, -0.05) is 178 Å². The Kier molecular flexibility index (Phi) is 11.8. The molecule has 0 amide bonds. The second kappa shape index (κ2) is 19.6. The van der Waals surface area contributed by atoms with Crippen molar-refractivity contribution in [2.75, 3.05) is 4.90 Å². The van der Waals surface area contributed by atoms with E-state index in [2.05, 4.69) is 284 Å². The number of aryl methyl sites for hydroxylation is 2. The van der Waals surface area contributed by atoms with Crippen LogP contribution in [0.1, 0.15) is 30.5 Å². The van der Waals surface area contributed by atoms with E-state index in [-0.39, 0.29) is 0 Å². The van der Waals surface area contributed by atoms with Crippen LogP contribution in [-0.2, 0) is 6.42 Å². The van der Waals surface area contributed by atoms with Gasteiger partial charge in [0.15, 0.2) is 0 Å². The highest BCUT2D eigenvalue weighted by molar-refractivity contribution is 6.11. The molecule has 0 aliphatic rings. The minimum absolute atomic E-state index is 0.479. The Labute approximate surface area is 461 Å². The number of hydrogen-bond acceptors (Lipinski definition) is 3. The topological polar surface area (TPSA) is 38.9 Å². The Morgan fingerprint density at radius 2 is 0.747 bits per heavy atom. The molecule has 14 rings (SSSR count). The molecule has 0 aliphatic heterocycles. The fraction of sp³-hybridized carbons (Fsp3) is 0.0811. The minimum atomic E-state index is 0.479. The maximum Gasteiger partial charge on any atom is 0.0709 e. The molecule has 4 heterocycles. The third-order valence-electron chi connectivity index (χ3n) is 15.8. The van der Waals surface area contributed by atoms with Gasteiger partial charge in [-0.15, -0.1) is 0 Å². The van der Waals surface area contributed by atoms with Crippen LogP contribution in [0.2, 0.25) is 0 Å². The molecule has 0 N–H and O–H groups in total. The molecule has 10 aromatic carbocycles. The van der Waals surface area contributed by atoms with Crippen LogP contribution in [-0.4, -0.2) is 19.1 Å². The van der Waals surface area contributed by atoms with E-state index in [9.17, 15) is 0 Å². The molecule has 0 aliphatic carbocycles. The molecule has 0 atom stereocenters. The van der Waals surface area contributed by atoms with E-state index in [4.69, 9.17) is 9.97 Å². The first-order chi connectivity index (χ1) is 38.8. The zero-order valence-corrected chi connectivity index (χ0v) is 44.8. The van der Waals surface area contributed by atoms with E-state index in [1.807, 2.05) is 12.4 Å². The number of hydrogen-bond donors (Lipinski definition) is 0. The van der Waals surface area contributed by atoms with Gasteiger partial charge < -0.3 is 14.0 Å². The first kappa shape index (κ1) is 47.6. The lowest BCUT2D eigenvalue weighted by atomic mass is 9.95. The average molecular weight is 1020 g/mol. The Hall–Kier alpha value is -9.84. The van der Waals surface area contributed by atoms with Crippen molar-refractivity contribution in [1.29, 1.82) is 0 Å². The second-order valence-electron chi connectivity index (χ2n) is 21.4. The van der Waals surface area contributed by atoms with Gasteiger partial charge in [-0.25, -0.2) is 0 Å². The fourth-order valence-corrected chi connectivity index (χ4v) is 12.2. The summed E-state index contributed by atoms with van der Waals surface area (Å²) in [5.41, 5.74) is 21.7. The number of anilines is 3. The van der Waals surface area contributed by atoms with Crippen LogP contribution >= 0.6 is 0 Å². The van der Waals surface area contributed by atoms with Gasteiger partial charge in [0.1, 0.15) is 0 Å². The van der Waals surface area contributed by atoms with Gasteiger partial charge in [-0.3, -0.25) is 9.97 Å². The van der Waals surface area contributed by atoms with Crippen molar-refractivity contribution in [3.05, 3.63) is 272 Å². The van der Waals surface area contributed by atoms with Crippen molar-refractivity contribution >= 4 is 71.4 Å². The van der Waals surface area contributed by atoms with Crippen molar-refractivity contribution in [3.8, 4) is 56.1 Å². The van der Waals surface area contributed by atoms with E-state index in [0.717, 1.165) is 113 Å². The summed E-state index contributed by atoms with van der Waals surface area (Å²) in [7, 11) is 0. The smallest absolute Gasteiger partial charge is 0.0709 e. The number of benzene rings is 10. The largest absolute Gasteiger partial charge is 0.310 e. The quantitative estimate of drug-likeness (QED) is 0.130. The van der Waals surface area contributed by atoms with Crippen LogP contribution in [0.15, 0.2) is 255 Å². The zero-order chi connectivity index (χ0) is 53.1. The van der Waals surface area contributed by atoms with Crippen LogP contribution in [0.3, 0.4) is 0 Å². The molecule has 0 saturated heterocycles. The lowest BCUT2D eigenvalue weighted by molar-refractivity contribution is 0.650. The van der Waals surface area contributed by atoms with Gasteiger partial charge in [0.05, 0.1) is 39.1 Å². The van der Waals surface area contributed by atoms with Crippen molar-refractivity contribution in [3.63, 3.8) is 0 Å². The highest BCUT2D eigenvalue weighted by Crippen LogP contribution is 2.46. The van der Waals surface area contributed by atoms with Crippen LogP contribution < -0.4 is 4.90 Å². The van der Waals surface area contributed by atoms with Gasteiger partial charge in [-0.05, 0) is 149 Å². The number of pyridine rings is 2. The number of fused-ring (bicyclic) bond motifs is 7. The van der Waals surface area contributed by atoms with Crippen LogP contribution in [0.25, 0.3) is 111 Å². The molecule has 0 spiro atoms. The van der Waals surface area contributed by atoms with Crippen molar-refractivity contribution in [2.24, 2.45) is 5.92 Å². The van der Waals surface area contributed by atoms with E-state index < -0.39 is 0 Å². The molecule has 378 valence electrons. The van der Waals surface area contributed by atoms with E-state index in [1.54, 1.807) is 0 Å². The van der Waals surface area contributed by atoms with Crippen molar-refractivity contribution < 1.29 is 0 Å². The standard InChI is InChI=1S/C74H57N5/c1-48(2)37-53-35-36-74(61-26-12-11-25-60(53)61)77(56-38-54(68-44-66(49(3)46-75-68)51-21-7-5-8-22-51)40-58(42-56)78-70-31-17-13-27-62(70)63-28-14-18-32-71(63)78)57-39-55(69-45-67(50(4)47-76-69)52-23-9-6-10-24-52)41-59(43-57)79-72-33-19-15-29-64(72)65-30-16-20-34-73(65)79/h5-36,38-48H,37H2,1-4H3. The van der Waals surface area contributed by atoms with Gasteiger partial charge >= 0.3 is 0 Å². The summed E-state index contributed by atoms with van der Waals surface area (Å²) in [6, 6.07) is 88.9. The molecule has 4 aromatic heterocycles. The average Bonchev–Trinajstić information content (AvgIpc) is 4.22. The summed E-state index contributed by atoms with van der Waals surface area (Å²) in [6.45, 7) is 8.93. The van der Waals surface area contributed by atoms with Crippen LogP contribution in [0, 0.1) is 19.8 Å². The maximum atomic E-state index is 5.28. The Balaban J connectivity index is 1.11. The van der Waals surface area contributed by atoms with Crippen LogP contribution in [0.4, 0.5) is 17.1 Å². The van der Waals surface area contributed by atoms with Gasteiger partial charge in [0.2, 0.25) is 0 Å². The lowest BCUT2D eigenvalue weighted by Gasteiger charge is -2.30. The first-order valence-electron chi connectivity index (χ1n) is 27.5. The van der Waals surface area contributed by atoms with E-state index in [1.165, 1.54) is 37.9 Å². The highest BCUT2D eigenvalue weighted by Gasteiger charge is 2.24. The van der Waals surface area contributed by atoms with E-state index >= 15 is 0 Å². The summed E-state index contributed by atoms with van der Waals surface area (Å²) in [5, 5.41) is 7.24. The molecule has 0 radical (unpaired) electrons. The van der Waals surface area contributed by atoms with Gasteiger partial charge in [0.25, 0.3) is 0 Å². The number of nitrogens with zero attached hydrogens (tertiary/aromatic N) is 5. The molecular formula is C74H57N5. The molecule has 5 nitrogen and oxygen atoms in total. The van der Waals surface area contributed by atoms with Crippen LogP contribution in [0.5, 0.6) is 0 Å². The van der Waals surface area contributed by atoms with E-state index in [0.29, 0.717) is 5.92 Å². The Morgan fingerprint density at radius 1 is 0.367 bits per heavy atom. The number of aromatic nitrogens is 4. The molecule has 79 heavy (non-hydrogen) atoms. The molecule has 0 fully saturated rings. The number of rotatable bonds is 11. The zero-order valence-electron chi connectivity index (χ0n) is 44.8.